The molecule has 0 N–H and O–H groups in total. The number of rotatable bonds is 5. The molecular formula is C10H20O2. The molecular weight excluding hydrogens is 152 g/mol. The molecule has 0 aromatic heterocycles. The van der Waals surface area contributed by atoms with Crippen LogP contribution in [-0.2, 0) is 9.78 Å². The molecule has 2 heteroatoms. The summed E-state index contributed by atoms with van der Waals surface area (Å²) < 4.78 is 0. The highest BCUT2D eigenvalue weighted by atomic mass is 17.2. The van der Waals surface area contributed by atoms with Crippen LogP contribution >= 0.6 is 0 Å². The number of unbranched alkanes of at least 4 members (excludes halogenated alkanes) is 2. The van der Waals surface area contributed by atoms with Crippen LogP contribution in [0.2, 0.25) is 0 Å². The molecule has 2 nitrogen and oxygen atoms in total. The van der Waals surface area contributed by atoms with E-state index in [1.807, 2.05) is 26.8 Å². The fourth-order valence-corrected chi connectivity index (χ4v) is 0.601. The maximum atomic E-state index is 5.02. The summed E-state index contributed by atoms with van der Waals surface area (Å²) in [5.74, 6) is 0. The minimum Gasteiger partial charge on any atom is -0.345 e. The van der Waals surface area contributed by atoms with E-state index in [1.165, 1.54) is 12.8 Å². The van der Waals surface area contributed by atoms with Crippen LogP contribution in [0.1, 0.15) is 47.0 Å². The van der Waals surface area contributed by atoms with E-state index < -0.39 is 0 Å². The first-order valence-corrected chi connectivity index (χ1v) is 4.56. The zero-order valence-electron chi connectivity index (χ0n) is 8.59. The van der Waals surface area contributed by atoms with Crippen LogP contribution in [0.3, 0.4) is 0 Å². The molecule has 0 fully saturated rings. The molecule has 0 aliphatic carbocycles. The molecule has 0 rings (SSSR count). The minimum absolute atomic E-state index is 0.227. The summed E-state index contributed by atoms with van der Waals surface area (Å²) in [6, 6.07) is 0. The maximum Gasteiger partial charge on any atom is 0.125 e. The first kappa shape index (κ1) is 11.5. The quantitative estimate of drug-likeness (QED) is 0.274. The van der Waals surface area contributed by atoms with Crippen LogP contribution in [0.5, 0.6) is 0 Å². The Hall–Kier alpha value is -0.500. The van der Waals surface area contributed by atoms with Gasteiger partial charge in [-0.25, -0.2) is 0 Å². The van der Waals surface area contributed by atoms with Gasteiger partial charge >= 0.3 is 0 Å². The van der Waals surface area contributed by atoms with Crippen molar-refractivity contribution in [3.63, 3.8) is 0 Å². The fourth-order valence-electron chi connectivity index (χ4n) is 0.601. The van der Waals surface area contributed by atoms with Crippen LogP contribution < -0.4 is 0 Å². The number of allylic oxidation sites excluding steroid dienone is 1. The van der Waals surface area contributed by atoms with E-state index in [1.54, 1.807) is 6.26 Å². The summed E-state index contributed by atoms with van der Waals surface area (Å²) in [5, 5.41) is 0. The molecule has 0 aliphatic heterocycles. The van der Waals surface area contributed by atoms with Gasteiger partial charge in [0.05, 0.1) is 0 Å². The summed E-state index contributed by atoms with van der Waals surface area (Å²) >= 11 is 0. The van der Waals surface area contributed by atoms with Crippen LogP contribution in [0, 0.1) is 0 Å². The third-order valence-electron chi connectivity index (χ3n) is 1.17. The second kappa shape index (κ2) is 6.06. The first-order valence-electron chi connectivity index (χ1n) is 4.56. The minimum atomic E-state index is -0.227. The Morgan fingerprint density at radius 2 is 1.92 bits per heavy atom. The monoisotopic (exact) mass is 172 g/mol. The van der Waals surface area contributed by atoms with Crippen molar-refractivity contribution < 1.29 is 9.78 Å². The van der Waals surface area contributed by atoms with E-state index in [-0.39, 0.29) is 5.60 Å². The summed E-state index contributed by atoms with van der Waals surface area (Å²) in [5.41, 5.74) is -0.227. The van der Waals surface area contributed by atoms with Crippen LogP contribution in [0.4, 0.5) is 0 Å². The van der Waals surface area contributed by atoms with E-state index in [0.29, 0.717) is 0 Å². The van der Waals surface area contributed by atoms with Crippen molar-refractivity contribution in [2.24, 2.45) is 0 Å². The van der Waals surface area contributed by atoms with Crippen LogP contribution in [-0.4, -0.2) is 5.60 Å². The van der Waals surface area contributed by atoms with Gasteiger partial charge in [-0.2, -0.15) is 4.89 Å². The van der Waals surface area contributed by atoms with Crippen molar-refractivity contribution in [3.05, 3.63) is 12.3 Å². The molecule has 0 aromatic rings. The smallest absolute Gasteiger partial charge is 0.125 e. The Labute approximate surface area is 75.5 Å². The van der Waals surface area contributed by atoms with Gasteiger partial charge in [-0.1, -0.05) is 13.3 Å². The summed E-state index contributed by atoms with van der Waals surface area (Å²) in [6.07, 6.45) is 7.07. The lowest BCUT2D eigenvalue weighted by atomic mass is 10.2. The Bertz CT molecular complexity index is 122. The second-order valence-electron chi connectivity index (χ2n) is 3.81. The second-order valence-corrected chi connectivity index (χ2v) is 3.81. The molecule has 0 bridgehead atoms. The lowest BCUT2D eigenvalue weighted by molar-refractivity contribution is -0.310. The van der Waals surface area contributed by atoms with Gasteiger partial charge in [0, 0.05) is 0 Å². The van der Waals surface area contributed by atoms with Gasteiger partial charge in [0.25, 0.3) is 0 Å². The molecule has 0 atom stereocenters. The summed E-state index contributed by atoms with van der Waals surface area (Å²) in [7, 11) is 0. The molecule has 0 aliphatic rings. The Kier molecular flexibility index (Phi) is 5.81. The average molecular weight is 172 g/mol. The van der Waals surface area contributed by atoms with Gasteiger partial charge in [-0.15, -0.1) is 0 Å². The highest BCUT2D eigenvalue weighted by Gasteiger charge is 2.10. The van der Waals surface area contributed by atoms with Crippen LogP contribution in [0.25, 0.3) is 0 Å². The molecule has 0 heterocycles. The average Bonchev–Trinajstić information content (AvgIpc) is 1.94. The first-order chi connectivity index (χ1) is 5.56. The maximum absolute atomic E-state index is 5.02. The van der Waals surface area contributed by atoms with Crippen molar-refractivity contribution in [1.29, 1.82) is 0 Å². The third kappa shape index (κ3) is 9.50. The van der Waals surface area contributed by atoms with Crippen molar-refractivity contribution >= 4 is 0 Å². The molecule has 72 valence electrons. The Balaban J connectivity index is 3.25. The van der Waals surface area contributed by atoms with Crippen molar-refractivity contribution in [2.75, 3.05) is 0 Å². The number of hydrogen-bond acceptors (Lipinski definition) is 2. The van der Waals surface area contributed by atoms with E-state index >= 15 is 0 Å². The van der Waals surface area contributed by atoms with Gasteiger partial charge in [-0.05, 0) is 39.7 Å². The molecule has 0 radical (unpaired) electrons. The Morgan fingerprint density at radius 1 is 1.25 bits per heavy atom. The number of hydrogen-bond donors (Lipinski definition) is 0. The zero-order chi connectivity index (χ0) is 9.45. The van der Waals surface area contributed by atoms with Crippen molar-refractivity contribution in [2.45, 2.75) is 52.6 Å². The van der Waals surface area contributed by atoms with Gasteiger partial charge < -0.3 is 4.89 Å². The summed E-state index contributed by atoms with van der Waals surface area (Å²) in [4.78, 5) is 9.89. The van der Waals surface area contributed by atoms with E-state index in [2.05, 4.69) is 6.92 Å². The SMILES string of the molecule is CCCC/C=C/OOC(C)(C)C. The molecule has 0 unspecified atom stereocenters. The van der Waals surface area contributed by atoms with Gasteiger partial charge in [-0.3, -0.25) is 0 Å². The third-order valence-corrected chi connectivity index (χ3v) is 1.17. The molecule has 0 aromatic carbocycles. The van der Waals surface area contributed by atoms with Gasteiger partial charge in [0.15, 0.2) is 0 Å². The highest BCUT2D eigenvalue weighted by molar-refractivity contribution is 4.71. The lowest BCUT2D eigenvalue weighted by Gasteiger charge is -2.15. The molecule has 0 saturated heterocycles. The normalized spacial score (nSPS) is 12.3. The zero-order valence-corrected chi connectivity index (χ0v) is 8.59. The predicted molar refractivity (Wildman–Crippen MR) is 50.6 cm³/mol. The van der Waals surface area contributed by atoms with E-state index in [4.69, 9.17) is 9.78 Å². The van der Waals surface area contributed by atoms with Gasteiger partial charge in [0.2, 0.25) is 0 Å². The fraction of sp³-hybridized carbons (Fsp3) is 0.800. The topological polar surface area (TPSA) is 18.5 Å². The standard InChI is InChI=1S/C10H20O2/c1-5-6-7-8-9-11-12-10(2,3)4/h8-9H,5-7H2,1-4H3/b9-8+. The van der Waals surface area contributed by atoms with Crippen LogP contribution in [0.15, 0.2) is 12.3 Å². The molecule has 0 amide bonds. The van der Waals surface area contributed by atoms with E-state index in [0.717, 1.165) is 6.42 Å². The molecule has 0 spiro atoms. The lowest BCUT2D eigenvalue weighted by Crippen LogP contribution is -2.17. The highest BCUT2D eigenvalue weighted by Crippen LogP contribution is 2.07. The molecule has 0 saturated carbocycles. The van der Waals surface area contributed by atoms with E-state index in [9.17, 15) is 0 Å². The largest absolute Gasteiger partial charge is 0.345 e. The van der Waals surface area contributed by atoms with Gasteiger partial charge in [0.1, 0.15) is 11.9 Å². The predicted octanol–water partition coefficient (Wildman–Crippen LogP) is 3.44. The summed E-state index contributed by atoms with van der Waals surface area (Å²) in [6.45, 7) is 8.02. The molecule has 12 heavy (non-hydrogen) atoms. The van der Waals surface area contributed by atoms with Crippen molar-refractivity contribution in [1.82, 2.24) is 0 Å². The van der Waals surface area contributed by atoms with Crippen molar-refractivity contribution in [3.8, 4) is 0 Å². The Morgan fingerprint density at radius 3 is 2.42 bits per heavy atom.